The minimum atomic E-state index is 0.596. The molecule has 1 N–H and O–H groups in total. The molecule has 14 heavy (non-hydrogen) atoms. The molecule has 2 rings (SSSR count). The zero-order valence-electron chi connectivity index (χ0n) is 8.87. The van der Waals surface area contributed by atoms with Gasteiger partial charge in [0.15, 0.2) is 0 Å². The molecule has 0 fully saturated rings. The van der Waals surface area contributed by atoms with E-state index in [0.29, 0.717) is 12.6 Å². The van der Waals surface area contributed by atoms with Gasteiger partial charge in [-0.25, -0.2) is 0 Å². The van der Waals surface area contributed by atoms with Crippen LogP contribution in [0.2, 0.25) is 0 Å². The second-order valence-corrected chi connectivity index (χ2v) is 2.49. The van der Waals surface area contributed by atoms with Crippen molar-refractivity contribution in [1.82, 2.24) is 9.97 Å². The lowest BCUT2D eigenvalue weighted by atomic mass is 10.3. The first-order valence-corrected chi connectivity index (χ1v) is 4.97. The summed E-state index contributed by atoms with van der Waals surface area (Å²) in [6.45, 7) is 6.58. The van der Waals surface area contributed by atoms with Crippen LogP contribution in [0.1, 0.15) is 20.8 Å². The number of rotatable bonds is 2. The monoisotopic (exact) mass is 192 g/mol. The fourth-order valence-corrected chi connectivity index (χ4v) is 1.13. The Labute approximate surface area is 84.1 Å². The molecule has 0 saturated heterocycles. The number of benzene rings is 1. The third-order valence-corrected chi connectivity index (χ3v) is 1.65. The van der Waals surface area contributed by atoms with Crippen LogP contribution in [-0.4, -0.2) is 16.6 Å². The Bertz CT molecular complexity index is 348. The van der Waals surface area contributed by atoms with E-state index in [1.54, 1.807) is 0 Å². The maximum absolute atomic E-state index is 5.22. The molecular weight excluding hydrogens is 176 g/mol. The standard InChI is InChI=1S/C9H10N2O.C2H6/c1-2-12-9-10-7-5-3-4-6-8(7)11-9;1-2/h3-6H,2H2,1H3,(H,10,11);1-2H3. The highest BCUT2D eigenvalue weighted by molar-refractivity contribution is 5.75. The summed E-state index contributed by atoms with van der Waals surface area (Å²) in [5.74, 6) is 0. The number of H-pyrrole nitrogens is 1. The van der Waals surface area contributed by atoms with E-state index in [-0.39, 0.29) is 0 Å². The molecule has 0 bridgehead atoms. The van der Waals surface area contributed by atoms with Gasteiger partial charge in [-0.3, -0.25) is 0 Å². The number of fused-ring (bicyclic) bond motifs is 1. The number of nitrogens with zero attached hydrogens (tertiary/aromatic N) is 1. The molecular formula is C11H16N2O. The SMILES string of the molecule is CC.CCOc1nc2ccccc2[nH]1. The van der Waals surface area contributed by atoms with Gasteiger partial charge in [0.1, 0.15) is 0 Å². The topological polar surface area (TPSA) is 37.9 Å². The van der Waals surface area contributed by atoms with Crippen molar-refractivity contribution in [3.63, 3.8) is 0 Å². The van der Waals surface area contributed by atoms with Gasteiger partial charge in [-0.1, -0.05) is 26.0 Å². The zero-order valence-corrected chi connectivity index (χ0v) is 8.87. The first-order chi connectivity index (χ1) is 6.90. The average molecular weight is 192 g/mol. The molecule has 3 nitrogen and oxygen atoms in total. The van der Waals surface area contributed by atoms with Crippen molar-refractivity contribution >= 4 is 11.0 Å². The van der Waals surface area contributed by atoms with Gasteiger partial charge >= 0.3 is 0 Å². The number of nitrogens with one attached hydrogen (secondary N) is 1. The summed E-state index contributed by atoms with van der Waals surface area (Å²) in [6, 6.07) is 8.45. The summed E-state index contributed by atoms with van der Waals surface area (Å²) in [5, 5.41) is 0. The number of aromatic nitrogens is 2. The van der Waals surface area contributed by atoms with Gasteiger partial charge in [0, 0.05) is 0 Å². The van der Waals surface area contributed by atoms with Crippen molar-refractivity contribution in [3.05, 3.63) is 24.3 Å². The molecule has 1 aromatic carbocycles. The maximum atomic E-state index is 5.22. The highest BCUT2D eigenvalue weighted by atomic mass is 16.5. The summed E-state index contributed by atoms with van der Waals surface area (Å²) in [4.78, 5) is 7.29. The Morgan fingerprint density at radius 2 is 2.00 bits per heavy atom. The number of hydrogen-bond donors (Lipinski definition) is 1. The largest absolute Gasteiger partial charge is 0.465 e. The number of ether oxygens (including phenoxy) is 1. The zero-order chi connectivity index (χ0) is 10.4. The lowest BCUT2D eigenvalue weighted by Crippen LogP contribution is -1.92. The van der Waals surface area contributed by atoms with Crippen LogP contribution in [0.5, 0.6) is 6.01 Å². The van der Waals surface area contributed by atoms with Gasteiger partial charge < -0.3 is 9.72 Å². The van der Waals surface area contributed by atoms with E-state index < -0.39 is 0 Å². The first kappa shape index (κ1) is 10.6. The highest BCUT2D eigenvalue weighted by Gasteiger charge is 1.99. The summed E-state index contributed by atoms with van der Waals surface area (Å²) >= 11 is 0. The molecule has 2 aromatic rings. The quantitative estimate of drug-likeness (QED) is 0.794. The molecule has 0 amide bonds. The van der Waals surface area contributed by atoms with E-state index in [0.717, 1.165) is 11.0 Å². The molecule has 0 aliphatic rings. The Balaban J connectivity index is 0.000000461. The molecule has 0 spiro atoms. The third kappa shape index (κ3) is 2.25. The van der Waals surface area contributed by atoms with Crippen molar-refractivity contribution < 1.29 is 4.74 Å². The van der Waals surface area contributed by atoms with Crippen molar-refractivity contribution in [1.29, 1.82) is 0 Å². The molecule has 0 saturated carbocycles. The highest BCUT2D eigenvalue weighted by Crippen LogP contribution is 2.14. The molecule has 0 radical (unpaired) electrons. The van der Waals surface area contributed by atoms with Crippen molar-refractivity contribution in [2.75, 3.05) is 6.61 Å². The fraction of sp³-hybridized carbons (Fsp3) is 0.364. The van der Waals surface area contributed by atoms with Gasteiger partial charge in [-0.15, -0.1) is 0 Å². The van der Waals surface area contributed by atoms with Crippen molar-refractivity contribution in [2.24, 2.45) is 0 Å². The lowest BCUT2D eigenvalue weighted by molar-refractivity contribution is 0.317. The first-order valence-electron chi connectivity index (χ1n) is 4.97. The van der Waals surface area contributed by atoms with Crippen molar-refractivity contribution in [3.8, 4) is 6.01 Å². The Kier molecular flexibility index (Phi) is 3.98. The van der Waals surface area contributed by atoms with Crippen LogP contribution in [0.25, 0.3) is 11.0 Å². The van der Waals surface area contributed by atoms with Crippen LogP contribution in [-0.2, 0) is 0 Å². The maximum Gasteiger partial charge on any atom is 0.294 e. The van der Waals surface area contributed by atoms with Crippen LogP contribution < -0.4 is 4.74 Å². The van der Waals surface area contributed by atoms with E-state index in [4.69, 9.17) is 4.74 Å². The van der Waals surface area contributed by atoms with E-state index in [1.807, 2.05) is 45.0 Å². The Hall–Kier alpha value is -1.51. The Morgan fingerprint density at radius 3 is 2.64 bits per heavy atom. The summed E-state index contributed by atoms with van der Waals surface area (Å²) in [7, 11) is 0. The number of aromatic amines is 1. The third-order valence-electron chi connectivity index (χ3n) is 1.65. The molecule has 3 heteroatoms. The van der Waals surface area contributed by atoms with E-state index in [9.17, 15) is 0 Å². The van der Waals surface area contributed by atoms with Gasteiger partial charge in [0.25, 0.3) is 6.01 Å². The van der Waals surface area contributed by atoms with E-state index in [2.05, 4.69) is 9.97 Å². The number of para-hydroxylation sites is 2. The fourth-order valence-electron chi connectivity index (χ4n) is 1.13. The van der Waals surface area contributed by atoms with Gasteiger partial charge in [-0.05, 0) is 19.1 Å². The summed E-state index contributed by atoms with van der Waals surface area (Å²) in [5.41, 5.74) is 1.96. The second kappa shape index (κ2) is 5.27. The molecule has 0 unspecified atom stereocenters. The molecule has 1 heterocycles. The summed E-state index contributed by atoms with van der Waals surface area (Å²) < 4.78 is 5.22. The molecule has 1 aromatic heterocycles. The van der Waals surface area contributed by atoms with Crippen LogP contribution in [0.15, 0.2) is 24.3 Å². The van der Waals surface area contributed by atoms with Crippen LogP contribution in [0, 0.1) is 0 Å². The molecule has 0 aliphatic carbocycles. The Morgan fingerprint density at radius 1 is 1.29 bits per heavy atom. The second-order valence-electron chi connectivity index (χ2n) is 2.49. The molecule has 0 aliphatic heterocycles. The van der Waals surface area contributed by atoms with Crippen LogP contribution in [0.4, 0.5) is 0 Å². The lowest BCUT2D eigenvalue weighted by Gasteiger charge is -1.93. The average Bonchev–Trinajstić information content (AvgIpc) is 2.63. The molecule has 76 valence electrons. The predicted molar refractivity (Wildman–Crippen MR) is 58.6 cm³/mol. The smallest absolute Gasteiger partial charge is 0.294 e. The number of imidazole rings is 1. The predicted octanol–water partition coefficient (Wildman–Crippen LogP) is 2.99. The van der Waals surface area contributed by atoms with Crippen molar-refractivity contribution in [2.45, 2.75) is 20.8 Å². The van der Waals surface area contributed by atoms with Gasteiger partial charge in [0.2, 0.25) is 0 Å². The van der Waals surface area contributed by atoms with Gasteiger partial charge in [0.05, 0.1) is 17.6 Å². The van der Waals surface area contributed by atoms with E-state index >= 15 is 0 Å². The molecule has 0 atom stereocenters. The minimum Gasteiger partial charge on any atom is -0.465 e. The number of hydrogen-bond acceptors (Lipinski definition) is 2. The van der Waals surface area contributed by atoms with Crippen LogP contribution >= 0.6 is 0 Å². The summed E-state index contributed by atoms with van der Waals surface area (Å²) in [6.07, 6.45) is 0. The normalized spacial score (nSPS) is 9.36. The minimum absolute atomic E-state index is 0.596. The van der Waals surface area contributed by atoms with Crippen LogP contribution in [0.3, 0.4) is 0 Å². The van der Waals surface area contributed by atoms with Gasteiger partial charge in [-0.2, -0.15) is 4.98 Å². The van der Waals surface area contributed by atoms with E-state index in [1.165, 1.54) is 0 Å².